The first-order chi connectivity index (χ1) is 9.76. The molecule has 0 fully saturated rings. The number of rotatable bonds is 10. The summed E-state index contributed by atoms with van der Waals surface area (Å²) in [4.78, 5) is 15.3. The third-order valence-corrected chi connectivity index (χ3v) is 2.72. The Labute approximate surface area is 120 Å². The van der Waals surface area contributed by atoms with Crippen LogP contribution in [0.1, 0.15) is 39.5 Å². The molecule has 0 bridgehead atoms. The average Bonchev–Trinajstić information content (AvgIpc) is 2.45. The molecule has 20 heavy (non-hydrogen) atoms. The number of ether oxygens (including phenoxy) is 2. The van der Waals surface area contributed by atoms with E-state index in [4.69, 9.17) is 9.47 Å². The van der Waals surface area contributed by atoms with Crippen LogP contribution in [-0.4, -0.2) is 30.7 Å². The van der Waals surface area contributed by atoms with E-state index in [-0.39, 0.29) is 5.97 Å². The highest BCUT2D eigenvalue weighted by Gasteiger charge is 2.00. The number of nitrogens with one attached hydrogen (secondary N) is 1. The van der Waals surface area contributed by atoms with Crippen molar-refractivity contribution in [3.8, 4) is 5.88 Å². The maximum atomic E-state index is 11.1. The van der Waals surface area contributed by atoms with Gasteiger partial charge in [-0.05, 0) is 32.8 Å². The number of nitrogens with zero attached hydrogens (tertiary/aromatic N) is 1. The van der Waals surface area contributed by atoms with Gasteiger partial charge in [-0.25, -0.2) is 4.98 Å². The van der Waals surface area contributed by atoms with E-state index in [2.05, 4.69) is 10.3 Å². The van der Waals surface area contributed by atoms with Crippen LogP contribution in [0.4, 0.5) is 5.69 Å². The zero-order valence-electron chi connectivity index (χ0n) is 12.4. The second-order valence-corrected chi connectivity index (χ2v) is 4.36. The molecule has 112 valence electrons. The van der Waals surface area contributed by atoms with Gasteiger partial charge >= 0.3 is 5.97 Å². The van der Waals surface area contributed by atoms with Crippen molar-refractivity contribution >= 4 is 11.7 Å². The third-order valence-electron chi connectivity index (χ3n) is 2.72. The average molecular weight is 280 g/mol. The minimum Gasteiger partial charge on any atom is -0.478 e. The van der Waals surface area contributed by atoms with Gasteiger partial charge in [-0.15, -0.1) is 0 Å². The zero-order valence-corrected chi connectivity index (χ0v) is 12.4. The van der Waals surface area contributed by atoms with E-state index in [1.807, 2.05) is 26.0 Å². The van der Waals surface area contributed by atoms with Gasteiger partial charge in [0.1, 0.15) is 0 Å². The van der Waals surface area contributed by atoms with Crippen LogP contribution in [0.5, 0.6) is 5.88 Å². The van der Waals surface area contributed by atoms with Gasteiger partial charge in [0, 0.05) is 19.0 Å². The molecule has 0 saturated carbocycles. The van der Waals surface area contributed by atoms with E-state index in [0.29, 0.717) is 25.5 Å². The van der Waals surface area contributed by atoms with E-state index in [9.17, 15) is 4.79 Å². The van der Waals surface area contributed by atoms with Crippen molar-refractivity contribution in [3.05, 3.63) is 18.3 Å². The van der Waals surface area contributed by atoms with Gasteiger partial charge in [-0.2, -0.15) is 0 Å². The molecular formula is C15H24N2O3. The number of carbonyl (C=O) groups excluding carboxylic acids is 1. The summed E-state index contributed by atoms with van der Waals surface area (Å²) in [6.07, 6.45) is 5.19. The summed E-state index contributed by atoms with van der Waals surface area (Å²) < 4.78 is 10.2. The molecule has 0 radical (unpaired) electrons. The molecule has 0 unspecified atom stereocenters. The van der Waals surface area contributed by atoms with Crippen LogP contribution in [0, 0.1) is 0 Å². The molecule has 1 rings (SSSR count). The van der Waals surface area contributed by atoms with Crippen LogP contribution in [-0.2, 0) is 9.53 Å². The monoisotopic (exact) mass is 280 g/mol. The number of carbonyl (C=O) groups is 1. The van der Waals surface area contributed by atoms with Crippen LogP contribution in [0.2, 0.25) is 0 Å². The molecule has 1 aromatic heterocycles. The molecule has 0 amide bonds. The second kappa shape index (κ2) is 10.1. The fourth-order valence-corrected chi connectivity index (χ4v) is 1.76. The molecule has 0 saturated heterocycles. The topological polar surface area (TPSA) is 60.5 Å². The predicted molar refractivity (Wildman–Crippen MR) is 79.0 cm³/mol. The number of unbranched alkanes of at least 4 members (excludes halogenated alkanes) is 2. The van der Waals surface area contributed by atoms with Crippen molar-refractivity contribution in [2.24, 2.45) is 0 Å². The fraction of sp³-hybridized carbons (Fsp3) is 0.600. The van der Waals surface area contributed by atoms with Crippen molar-refractivity contribution in [2.75, 3.05) is 25.1 Å². The standard InChI is InChI=1S/C15H24N2O3/c1-3-19-14-10-9-13(12-17-14)16-11-7-5-6-8-15(18)20-4-2/h9-10,12,16H,3-8,11H2,1-2H3. The summed E-state index contributed by atoms with van der Waals surface area (Å²) in [5, 5.41) is 3.29. The quantitative estimate of drug-likeness (QED) is 0.527. The first kappa shape index (κ1) is 16.3. The van der Waals surface area contributed by atoms with Gasteiger partial charge < -0.3 is 14.8 Å². The largest absolute Gasteiger partial charge is 0.478 e. The van der Waals surface area contributed by atoms with Crippen LogP contribution >= 0.6 is 0 Å². The van der Waals surface area contributed by atoms with Gasteiger partial charge in [0.2, 0.25) is 5.88 Å². The van der Waals surface area contributed by atoms with Crippen molar-refractivity contribution in [2.45, 2.75) is 39.5 Å². The molecule has 0 aliphatic heterocycles. The van der Waals surface area contributed by atoms with Crippen LogP contribution in [0.15, 0.2) is 18.3 Å². The normalized spacial score (nSPS) is 10.1. The predicted octanol–water partition coefficient (Wildman–Crippen LogP) is 3.02. The molecule has 0 spiro atoms. The Morgan fingerprint density at radius 3 is 2.70 bits per heavy atom. The van der Waals surface area contributed by atoms with Crippen LogP contribution < -0.4 is 10.1 Å². The zero-order chi connectivity index (χ0) is 14.6. The number of anilines is 1. The number of aromatic nitrogens is 1. The lowest BCUT2D eigenvalue weighted by Gasteiger charge is -2.07. The van der Waals surface area contributed by atoms with Gasteiger partial charge in [0.05, 0.1) is 25.1 Å². The molecule has 5 heteroatoms. The van der Waals surface area contributed by atoms with Gasteiger partial charge in [0.15, 0.2) is 0 Å². The fourth-order valence-electron chi connectivity index (χ4n) is 1.76. The highest BCUT2D eigenvalue weighted by Crippen LogP contribution is 2.11. The summed E-state index contributed by atoms with van der Waals surface area (Å²) in [5.41, 5.74) is 0.985. The van der Waals surface area contributed by atoms with Gasteiger partial charge in [0.25, 0.3) is 0 Å². The highest BCUT2D eigenvalue weighted by molar-refractivity contribution is 5.69. The molecule has 0 aromatic carbocycles. The first-order valence-corrected chi connectivity index (χ1v) is 7.24. The first-order valence-electron chi connectivity index (χ1n) is 7.24. The Morgan fingerprint density at radius 2 is 2.05 bits per heavy atom. The van der Waals surface area contributed by atoms with Crippen molar-refractivity contribution in [3.63, 3.8) is 0 Å². The van der Waals surface area contributed by atoms with Gasteiger partial charge in [-0.1, -0.05) is 6.42 Å². The second-order valence-electron chi connectivity index (χ2n) is 4.36. The Bertz CT molecular complexity index is 379. The number of pyridine rings is 1. The molecule has 0 atom stereocenters. The minimum atomic E-state index is -0.101. The molecule has 5 nitrogen and oxygen atoms in total. The summed E-state index contributed by atoms with van der Waals surface area (Å²) in [7, 11) is 0. The Balaban J connectivity index is 2.07. The Morgan fingerprint density at radius 1 is 1.20 bits per heavy atom. The summed E-state index contributed by atoms with van der Waals surface area (Å²) >= 11 is 0. The maximum absolute atomic E-state index is 11.1. The Hall–Kier alpha value is -1.78. The molecule has 0 aliphatic rings. The van der Waals surface area contributed by atoms with Crippen LogP contribution in [0.25, 0.3) is 0 Å². The highest BCUT2D eigenvalue weighted by atomic mass is 16.5. The Kier molecular flexibility index (Phi) is 8.19. The van der Waals surface area contributed by atoms with Gasteiger partial charge in [-0.3, -0.25) is 4.79 Å². The lowest BCUT2D eigenvalue weighted by Crippen LogP contribution is -2.05. The van der Waals surface area contributed by atoms with E-state index < -0.39 is 0 Å². The SMILES string of the molecule is CCOC(=O)CCCCCNc1ccc(OCC)nc1. The number of hydrogen-bond acceptors (Lipinski definition) is 5. The van der Waals surface area contributed by atoms with E-state index in [1.54, 1.807) is 6.20 Å². The summed E-state index contributed by atoms with van der Waals surface area (Å²) in [5.74, 6) is 0.545. The minimum absolute atomic E-state index is 0.101. The van der Waals surface area contributed by atoms with E-state index in [1.165, 1.54) is 0 Å². The molecule has 0 aliphatic carbocycles. The number of hydrogen-bond donors (Lipinski definition) is 1. The number of esters is 1. The third kappa shape index (κ3) is 6.97. The van der Waals surface area contributed by atoms with Crippen molar-refractivity contribution in [1.29, 1.82) is 0 Å². The van der Waals surface area contributed by atoms with E-state index in [0.717, 1.165) is 31.5 Å². The smallest absolute Gasteiger partial charge is 0.305 e. The maximum Gasteiger partial charge on any atom is 0.305 e. The van der Waals surface area contributed by atoms with Crippen molar-refractivity contribution in [1.82, 2.24) is 4.98 Å². The van der Waals surface area contributed by atoms with Crippen LogP contribution in [0.3, 0.4) is 0 Å². The molecular weight excluding hydrogens is 256 g/mol. The molecule has 1 aromatic rings. The summed E-state index contributed by atoms with van der Waals surface area (Å²) in [6, 6.07) is 3.81. The van der Waals surface area contributed by atoms with Crippen molar-refractivity contribution < 1.29 is 14.3 Å². The lowest BCUT2D eigenvalue weighted by atomic mass is 10.2. The van der Waals surface area contributed by atoms with E-state index >= 15 is 0 Å². The molecule has 1 N–H and O–H groups in total. The molecule has 1 heterocycles. The lowest BCUT2D eigenvalue weighted by molar-refractivity contribution is -0.143. The summed E-state index contributed by atoms with van der Waals surface area (Å²) in [6.45, 7) is 5.72.